The highest BCUT2D eigenvalue weighted by Gasteiger charge is 2.44. The summed E-state index contributed by atoms with van der Waals surface area (Å²) in [4.78, 5) is 18.7. The Morgan fingerprint density at radius 1 is 1.31 bits per heavy atom. The number of rotatable bonds is 4. The Morgan fingerprint density at radius 3 is 2.73 bits per heavy atom. The van der Waals surface area contributed by atoms with Gasteiger partial charge in [0.25, 0.3) is 5.56 Å². The number of allylic oxidation sites excluding steroid dienone is 1. The van der Waals surface area contributed by atoms with Crippen molar-refractivity contribution in [1.29, 1.82) is 0 Å². The van der Waals surface area contributed by atoms with E-state index in [1.165, 1.54) is 18.4 Å². The summed E-state index contributed by atoms with van der Waals surface area (Å²) in [5, 5.41) is 1.18. The van der Waals surface area contributed by atoms with Crippen LogP contribution < -0.4 is 5.56 Å². The summed E-state index contributed by atoms with van der Waals surface area (Å²) < 4.78 is 1.84. The van der Waals surface area contributed by atoms with Gasteiger partial charge in [0.1, 0.15) is 0 Å². The normalized spacial score (nSPS) is 17.3. The molecule has 3 nitrogen and oxygen atoms in total. The van der Waals surface area contributed by atoms with Crippen molar-refractivity contribution in [2.24, 2.45) is 0 Å². The fraction of sp³-hybridized carbons (Fsp3) is 0.455. The molecule has 1 fully saturated rings. The van der Waals surface area contributed by atoms with Gasteiger partial charge in [-0.25, -0.2) is 4.98 Å². The van der Waals surface area contributed by atoms with Crippen LogP contribution in [0.2, 0.25) is 0 Å². The molecule has 0 unspecified atom stereocenters. The molecule has 0 amide bonds. The second-order valence-electron chi connectivity index (χ2n) is 7.81. The van der Waals surface area contributed by atoms with Crippen molar-refractivity contribution in [1.82, 2.24) is 9.55 Å². The van der Waals surface area contributed by atoms with Crippen molar-refractivity contribution in [3.05, 3.63) is 58.4 Å². The lowest BCUT2D eigenvalue weighted by atomic mass is 9.68. The third-order valence-corrected chi connectivity index (χ3v) is 6.67. The zero-order valence-electron chi connectivity index (χ0n) is 15.6. The highest BCUT2D eigenvalue weighted by molar-refractivity contribution is 7.99. The van der Waals surface area contributed by atoms with Crippen LogP contribution in [0.25, 0.3) is 11.3 Å². The second kappa shape index (κ2) is 6.73. The van der Waals surface area contributed by atoms with E-state index in [0.717, 1.165) is 41.2 Å². The van der Waals surface area contributed by atoms with Crippen molar-refractivity contribution in [3.8, 4) is 11.3 Å². The van der Waals surface area contributed by atoms with Crippen molar-refractivity contribution in [3.63, 3.8) is 0 Å². The summed E-state index contributed by atoms with van der Waals surface area (Å²) >= 11 is 1.66. The Labute approximate surface area is 159 Å². The molecule has 2 aliphatic carbocycles. The van der Waals surface area contributed by atoms with Crippen LogP contribution in [0.15, 0.2) is 46.9 Å². The lowest BCUT2D eigenvalue weighted by Gasteiger charge is -2.36. The van der Waals surface area contributed by atoms with Crippen molar-refractivity contribution in [2.75, 3.05) is 0 Å². The Hall–Kier alpha value is -1.81. The number of nitrogens with zero attached hydrogens (tertiary/aromatic N) is 2. The maximum Gasteiger partial charge on any atom is 0.258 e. The van der Waals surface area contributed by atoms with E-state index in [2.05, 4.69) is 44.7 Å². The van der Waals surface area contributed by atoms with E-state index >= 15 is 0 Å². The average molecular weight is 367 g/mol. The van der Waals surface area contributed by atoms with E-state index in [1.807, 2.05) is 4.57 Å². The van der Waals surface area contributed by atoms with Crippen LogP contribution >= 0.6 is 11.8 Å². The Kier molecular flexibility index (Phi) is 4.55. The quantitative estimate of drug-likeness (QED) is 0.435. The van der Waals surface area contributed by atoms with Gasteiger partial charge >= 0.3 is 0 Å². The molecule has 0 atom stereocenters. The molecule has 1 spiro atoms. The van der Waals surface area contributed by atoms with Crippen LogP contribution in [0.5, 0.6) is 0 Å². The SMILES string of the molecule is C=CCn1c(SC(C)C)nc2c(c1=O)C1(CCCC1)Cc1ccccc1-2. The molecule has 0 aliphatic heterocycles. The molecule has 2 aromatic rings. The first kappa shape index (κ1) is 17.6. The van der Waals surface area contributed by atoms with Crippen LogP contribution in [0, 0.1) is 0 Å². The van der Waals surface area contributed by atoms with E-state index in [1.54, 1.807) is 17.8 Å². The largest absolute Gasteiger partial charge is 0.283 e. The molecule has 1 aromatic carbocycles. The molecule has 1 aromatic heterocycles. The van der Waals surface area contributed by atoms with Crippen LogP contribution in [0.3, 0.4) is 0 Å². The van der Waals surface area contributed by atoms with Gasteiger partial charge in [-0.15, -0.1) is 6.58 Å². The lowest BCUT2D eigenvalue weighted by molar-refractivity contribution is 0.418. The first-order valence-corrected chi connectivity index (χ1v) is 10.4. The highest BCUT2D eigenvalue weighted by Crippen LogP contribution is 2.50. The molecule has 26 heavy (non-hydrogen) atoms. The first-order valence-electron chi connectivity index (χ1n) is 9.57. The second-order valence-corrected chi connectivity index (χ2v) is 9.35. The van der Waals surface area contributed by atoms with Crippen LogP contribution in [0.1, 0.15) is 50.7 Å². The standard InChI is InChI=1S/C22H26N2OS/c1-4-13-24-20(25)18-19(23-21(24)26-15(2)3)17-10-6-5-9-16(17)14-22(18)11-7-8-12-22/h4-6,9-10,15H,1,7-8,11-14H2,2-3H3. The van der Waals surface area contributed by atoms with Crippen molar-refractivity contribution in [2.45, 2.75) is 68.3 Å². The number of fused-ring (bicyclic) bond motifs is 4. The van der Waals surface area contributed by atoms with Gasteiger partial charge in [-0.2, -0.15) is 0 Å². The average Bonchev–Trinajstić information content (AvgIpc) is 3.06. The van der Waals surface area contributed by atoms with Crippen LogP contribution in [-0.4, -0.2) is 14.8 Å². The molecule has 0 N–H and O–H groups in total. The van der Waals surface area contributed by atoms with Crippen molar-refractivity contribution >= 4 is 11.8 Å². The summed E-state index contributed by atoms with van der Waals surface area (Å²) in [7, 11) is 0. The number of benzene rings is 1. The third kappa shape index (κ3) is 2.75. The predicted molar refractivity (Wildman–Crippen MR) is 109 cm³/mol. The number of thioether (sulfide) groups is 1. The molecular weight excluding hydrogens is 340 g/mol. The monoisotopic (exact) mass is 366 g/mol. The molecule has 4 heteroatoms. The minimum atomic E-state index is -0.0300. The summed E-state index contributed by atoms with van der Waals surface area (Å²) in [6.07, 6.45) is 7.36. The van der Waals surface area contributed by atoms with Gasteiger partial charge in [0, 0.05) is 22.8 Å². The highest BCUT2D eigenvalue weighted by atomic mass is 32.2. The summed E-state index contributed by atoms with van der Waals surface area (Å²) in [6.45, 7) is 8.66. The number of aromatic nitrogens is 2. The number of hydrogen-bond donors (Lipinski definition) is 0. The predicted octanol–water partition coefficient (Wildman–Crippen LogP) is 4.96. The van der Waals surface area contributed by atoms with Gasteiger partial charge in [0.05, 0.1) is 11.3 Å². The summed E-state index contributed by atoms with van der Waals surface area (Å²) in [6, 6.07) is 8.51. The lowest BCUT2D eigenvalue weighted by Crippen LogP contribution is -2.40. The van der Waals surface area contributed by atoms with Gasteiger partial charge < -0.3 is 0 Å². The summed E-state index contributed by atoms with van der Waals surface area (Å²) in [5.41, 5.74) is 4.50. The van der Waals surface area contributed by atoms with Gasteiger partial charge in [-0.3, -0.25) is 9.36 Å². The van der Waals surface area contributed by atoms with Crippen molar-refractivity contribution < 1.29 is 0 Å². The fourth-order valence-electron chi connectivity index (χ4n) is 4.64. The van der Waals surface area contributed by atoms with Crippen LogP contribution in [-0.2, 0) is 18.4 Å². The Morgan fingerprint density at radius 2 is 2.04 bits per heavy atom. The van der Waals surface area contributed by atoms with Gasteiger partial charge in [-0.1, -0.05) is 68.8 Å². The minimum absolute atomic E-state index is 0.0300. The van der Waals surface area contributed by atoms with E-state index in [9.17, 15) is 4.79 Å². The topological polar surface area (TPSA) is 34.9 Å². The molecular formula is C22H26N2OS. The Bertz CT molecular complexity index is 907. The van der Waals surface area contributed by atoms with E-state index < -0.39 is 0 Å². The zero-order valence-corrected chi connectivity index (χ0v) is 16.4. The molecule has 1 heterocycles. The molecule has 136 valence electrons. The molecule has 2 aliphatic rings. The smallest absolute Gasteiger partial charge is 0.258 e. The zero-order chi connectivity index (χ0) is 18.3. The molecule has 0 radical (unpaired) electrons. The van der Waals surface area contributed by atoms with Gasteiger partial charge in [-0.05, 0) is 24.8 Å². The summed E-state index contributed by atoms with van der Waals surface area (Å²) in [5.74, 6) is 0. The number of hydrogen-bond acceptors (Lipinski definition) is 3. The molecule has 4 rings (SSSR count). The van der Waals surface area contributed by atoms with Crippen LogP contribution in [0.4, 0.5) is 0 Å². The van der Waals surface area contributed by atoms with E-state index in [4.69, 9.17) is 4.98 Å². The Balaban J connectivity index is 2.03. The minimum Gasteiger partial charge on any atom is -0.283 e. The third-order valence-electron chi connectivity index (χ3n) is 5.68. The fourth-order valence-corrected chi connectivity index (χ4v) is 5.49. The van der Waals surface area contributed by atoms with E-state index in [-0.39, 0.29) is 11.0 Å². The molecule has 0 bridgehead atoms. The molecule has 0 saturated heterocycles. The van der Waals surface area contributed by atoms with E-state index in [0.29, 0.717) is 11.8 Å². The first-order chi connectivity index (χ1) is 12.6. The maximum atomic E-state index is 13.6. The van der Waals surface area contributed by atoms with Gasteiger partial charge in [0.2, 0.25) is 0 Å². The maximum absolute atomic E-state index is 13.6. The molecule has 1 saturated carbocycles. The van der Waals surface area contributed by atoms with Gasteiger partial charge in [0.15, 0.2) is 5.16 Å².